The largest absolute Gasteiger partial charge is 0.207 e. The topological polar surface area (TPSA) is 0 Å². The highest BCUT2D eigenvalue weighted by Crippen LogP contribution is 2.26. The molecule has 0 aliphatic rings. The summed E-state index contributed by atoms with van der Waals surface area (Å²) in [6.45, 7) is 14.2. The molecule has 2 rings (SSSR count). The molecule has 0 saturated carbocycles. The summed E-state index contributed by atoms with van der Waals surface area (Å²) in [5.74, 6) is -0.181. The van der Waals surface area contributed by atoms with Gasteiger partial charge in [-0.2, -0.15) is 0 Å². The summed E-state index contributed by atoms with van der Waals surface area (Å²) in [6, 6.07) is 15.7. The lowest BCUT2D eigenvalue weighted by atomic mass is 9.99. The minimum Gasteiger partial charge on any atom is -0.207 e. The summed E-state index contributed by atoms with van der Waals surface area (Å²) < 4.78 is 13.4. The Balaban J connectivity index is 2.70. The fourth-order valence-corrected chi connectivity index (χ4v) is 5.56. The highest BCUT2D eigenvalue weighted by Gasteiger charge is 2.23. The van der Waals surface area contributed by atoms with E-state index in [4.69, 9.17) is 0 Å². The van der Waals surface area contributed by atoms with Gasteiger partial charge in [0.05, 0.1) is 16.1 Å². The Kier molecular flexibility index (Phi) is 5.12. The van der Waals surface area contributed by atoms with Crippen LogP contribution in [-0.2, 0) is 0 Å². The Morgan fingerprint density at radius 3 is 1.91 bits per heavy atom. The zero-order valence-electron chi connectivity index (χ0n) is 15.1. The van der Waals surface area contributed by atoms with E-state index < -0.39 is 16.1 Å². The van der Waals surface area contributed by atoms with Crippen molar-refractivity contribution in [1.82, 2.24) is 0 Å². The quantitative estimate of drug-likeness (QED) is 0.627. The van der Waals surface area contributed by atoms with E-state index in [9.17, 15) is 4.39 Å². The molecule has 0 amide bonds. The first-order valence-corrected chi connectivity index (χ1v) is 15.2. The maximum atomic E-state index is 13.4. The fourth-order valence-electron chi connectivity index (χ4n) is 2.75. The van der Waals surface area contributed by atoms with Crippen LogP contribution in [0.4, 0.5) is 4.39 Å². The van der Waals surface area contributed by atoms with Crippen molar-refractivity contribution in [2.75, 3.05) is 0 Å². The standard InChI is InChI=1S/C20H27FSi2/c1-22(2,3)15-19(16-11-13-17(21)14-12-16)18-9-7-8-10-20(18)23(4,5)6/h7-15H,1-6H3/b19-15-. The van der Waals surface area contributed by atoms with Gasteiger partial charge >= 0.3 is 0 Å². The highest BCUT2D eigenvalue weighted by molar-refractivity contribution is 6.89. The molecule has 0 spiro atoms. The summed E-state index contributed by atoms with van der Waals surface area (Å²) in [5, 5.41) is 1.47. The molecule has 3 heteroatoms. The second-order valence-corrected chi connectivity index (χ2v) is 18.3. The van der Waals surface area contributed by atoms with E-state index in [-0.39, 0.29) is 5.82 Å². The van der Waals surface area contributed by atoms with Crippen LogP contribution in [0.3, 0.4) is 0 Å². The van der Waals surface area contributed by atoms with Crippen molar-refractivity contribution in [2.45, 2.75) is 39.3 Å². The highest BCUT2D eigenvalue weighted by atomic mass is 28.3. The maximum absolute atomic E-state index is 13.4. The van der Waals surface area contributed by atoms with Crippen LogP contribution in [-0.4, -0.2) is 16.1 Å². The molecule has 2 aromatic carbocycles. The minimum atomic E-state index is -1.46. The number of hydrogen-bond acceptors (Lipinski definition) is 0. The SMILES string of the molecule is C[Si](C)(C)/C=C(/c1ccc(F)cc1)c1ccccc1[Si](C)(C)C. The van der Waals surface area contributed by atoms with Gasteiger partial charge in [-0.15, -0.1) is 0 Å². The van der Waals surface area contributed by atoms with Crippen molar-refractivity contribution >= 4 is 26.9 Å². The molecule has 0 aliphatic heterocycles. The zero-order chi connectivity index (χ0) is 17.3. The van der Waals surface area contributed by atoms with E-state index in [1.165, 1.54) is 16.3 Å². The van der Waals surface area contributed by atoms with Gasteiger partial charge in [-0.3, -0.25) is 0 Å². The van der Waals surface area contributed by atoms with Crippen LogP contribution < -0.4 is 5.19 Å². The van der Waals surface area contributed by atoms with Crippen LogP contribution >= 0.6 is 0 Å². The Morgan fingerprint density at radius 1 is 0.826 bits per heavy atom. The molecule has 0 heterocycles. The Labute approximate surface area is 142 Å². The van der Waals surface area contributed by atoms with Crippen LogP contribution in [0.5, 0.6) is 0 Å². The Morgan fingerprint density at radius 2 is 1.39 bits per heavy atom. The molecule has 0 fully saturated rings. The van der Waals surface area contributed by atoms with Crippen LogP contribution in [0.2, 0.25) is 39.3 Å². The van der Waals surface area contributed by atoms with Crippen molar-refractivity contribution in [3.05, 3.63) is 71.2 Å². The number of halogens is 1. The van der Waals surface area contributed by atoms with E-state index in [2.05, 4.69) is 69.2 Å². The lowest BCUT2D eigenvalue weighted by Gasteiger charge is -2.24. The molecule has 2 aromatic rings. The predicted octanol–water partition coefficient (Wildman–Crippen LogP) is 5.68. The van der Waals surface area contributed by atoms with Gasteiger partial charge in [0.1, 0.15) is 5.82 Å². The zero-order valence-corrected chi connectivity index (χ0v) is 17.1. The van der Waals surface area contributed by atoms with Gasteiger partial charge in [-0.25, -0.2) is 4.39 Å². The molecule has 122 valence electrons. The summed E-state index contributed by atoms with van der Waals surface area (Å²) in [5.41, 5.74) is 6.14. The second kappa shape index (κ2) is 6.58. The average molecular weight is 343 g/mol. The van der Waals surface area contributed by atoms with Crippen molar-refractivity contribution in [2.24, 2.45) is 0 Å². The number of benzene rings is 2. The first-order valence-electron chi connectivity index (χ1n) is 8.17. The smallest absolute Gasteiger partial charge is 0.123 e. The van der Waals surface area contributed by atoms with E-state index in [0.29, 0.717) is 0 Å². The van der Waals surface area contributed by atoms with E-state index in [0.717, 1.165) is 5.56 Å². The molecule has 0 unspecified atom stereocenters. The van der Waals surface area contributed by atoms with Gasteiger partial charge in [0.15, 0.2) is 0 Å². The molecular formula is C20H27FSi2. The van der Waals surface area contributed by atoms with Gasteiger partial charge in [-0.05, 0) is 28.8 Å². The van der Waals surface area contributed by atoms with Crippen molar-refractivity contribution in [3.63, 3.8) is 0 Å². The molecule has 0 bridgehead atoms. The van der Waals surface area contributed by atoms with Gasteiger partial charge < -0.3 is 0 Å². The van der Waals surface area contributed by atoms with Gasteiger partial charge in [0.25, 0.3) is 0 Å². The molecule has 0 nitrogen and oxygen atoms in total. The molecule has 0 saturated heterocycles. The van der Waals surface area contributed by atoms with E-state index in [1.807, 2.05) is 12.1 Å². The fraction of sp³-hybridized carbons (Fsp3) is 0.300. The lowest BCUT2D eigenvalue weighted by molar-refractivity contribution is 0.627. The molecule has 0 N–H and O–H groups in total. The monoisotopic (exact) mass is 342 g/mol. The average Bonchev–Trinajstić information content (AvgIpc) is 2.44. The van der Waals surface area contributed by atoms with E-state index in [1.54, 1.807) is 12.1 Å². The second-order valence-electron chi connectivity index (χ2n) is 8.23. The van der Waals surface area contributed by atoms with E-state index >= 15 is 0 Å². The van der Waals surface area contributed by atoms with Crippen molar-refractivity contribution in [3.8, 4) is 0 Å². The third-order valence-electron chi connectivity index (χ3n) is 3.76. The summed E-state index contributed by atoms with van der Waals surface area (Å²) in [4.78, 5) is 0. The first kappa shape index (κ1) is 17.9. The Bertz CT molecular complexity index is 702. The van der Waals surface area contributed by atoms with Gasteiger partial charge in [-0.1, -0.05) is 86.6 Å². The Hall–Kier alpha value is -1.46. The normalized spacial score (nSPS) is 13.3. The van der Waals surface area contributed by atoms with Crippen molar-refractivity contribution < 1.29 is 4.39 Å². The number of hydrogen-bond donors (Lipinski definition) is 0. The van der Waals surface area contributed by atoms with Gasteiger partial charge in [0.2, 0.25) is 0 Å². The molecule has 0 radical (unpaired) electrons. The summed E-state index contributed by atoms with van der Waals surface area (Å²) in [6.07, 6.45) is 0. The van der Waals surface area contributed by atoms with Crippen LogP contribution in [0.1, 0.15) is 11.1 Å². The third kappa shape index (κ3) is 4.76. The first-order chi connectivity index (χ1) is 10.6. The summed E-state index contributed by atoms with van der Waals surface area (Å²) >= 11 is 0. The summed E-state index contributed by atoms with van der Waals surface area (Å²) in [7, 11) is -2.88. The van der Waals surface area contributed by atoms with Gasteiger partial charge in [0, 0.05) is 0 Å². The minimum absolute atomic E-state index is 0.181. The lowest BCUT2D eigenvalue weighted by Crippen LogP contribution is -2.40. The van der Waals surface area contributed by atoms with Crippen LogP contribution in [0.25, 0.3) is 5.57 Å². The number of rotatable bonds is 4. The molecule has 0 aromatic heterocycles. The third-order valence-corrected chi connectivity index (χ3v) is 6.96. The molecule has 23 heavy (non-hydrogen) atoms. The maximum Gasteiger partial charge on any atom is 0.123 e. The molecular weight excluding hydrogens is 315 g/mol. The predicted molar refractivity (Wildman–Crippen MR) is 106 cm³/mol. The molecule has 0 atom stereocenters. The van der Waals surface area contributed by atoms with Crippen LogP contribution in [0.15, 0.2) is 54.2 Å². The molecule has 0 aliphatic carbocycles. The van der Waals surface area contributed by atoms with Crippen molar-refractivity contribution in [1.29, 1.82) is 0 Å². The van der Waals surface area contributed by atoms with Crippen LogP contribution in [0, 0.1) is 5.82 Å².